The SMILES string of the molecule is COC(=O)c1ccc2ccccc2c1OC(=O)C12CCC(C)(C(=O)C1)C2(C)C. The van der Waals surface area contributed by atoms with Crippen molar-refractivity contribution in [3.05, 3.63) is 42.0 Å². The number of hydrogen-bond acceptors (Lipinski definition) is 5. The van der Waals surface area contributed by atoms with E-state index in [9.17, 15) is 14.4 Å². The minimum Gasteiger partial charge on any atom is -0.465 e. The average Bonchev–Trinajstić information content (AvgIpc) is 2.98. The summed E-state index contributed by atoms with van der Waals surface area (Å²) in [6.07, 6.45) is 1.47. The standard InChI is InChI=1S/C23H24O5/c1-21(2)22(3)11-12-23(21,13-17(22)24)20(26)28-18-15-8-6-5-7-14(15)9-10-16(18)19(25)27-4/h5-10H,11-13H2,1-4H3. The van der Waals surface area contributed by atoms with Gasteiger partial charge in [-0.25, -0.2) is 4.79 Å². The summed E-state index contributed by atoms with van der Waals surface area (Å²) in [7, 11) is 1.29. The van der Waals surface area contributed by atoms with Gasteiger partial charge in [0.25, 0.3) is 0 Å². The molecule has 2 bridgehead atoms. The summed E-state index contributed by atoms with van der Waals surface area (Å²) in [6, 6.07) is 10.8. The number of benzene rings is 2. The number of fused-ring (bicyclic) bond motifs is 3. The van der Waals surface area contributed by atoms with Crippen molar-refractivity contribution in [1.82, 2.24) is 0 Å². The zero-order chi connectivity index (χ0) is 20.3. The van der Waals surface area contributed by atoms with Crippen LogP contribution in [0.2, 0.25) is 0 Å². The van der Waals surface area contributed by atoms with Crippen molar-refractivity contribution in [3.8, 4) is 5.75 Å². The van der Waals surface area contributed by atoms with Crippen molar-refractivity contribution in [2.24, 2.45) is 16.2 Å². The van der Waals surface area contributed by atoms with E-state index in [-0.39, 0.29) is 23.5 Å². The van der Waals surface area contributed by atoms with Gasteiger partial charge in [-0.15, -0.1) is 0 Å². The molecule has 0 N–H and O–H groups in total. The number of rotatable bonds is 3. The molecule has 0 saturated heterocycles. The van der Waals surface area contributed by atoms with E-state index in [4.69, 9.17) is 9.47 Å². The summed E-state index contributed by atoms with van der Waals surface area (Å²) < 4.78 is 10.8. The Labute approximate surface area is 164 Å². The molecule has 0 radical (unpaired) electrons. The Balaban J connectivity index is 1.82. The van der Waals surface area contributed by atoms with E-state index in [1.165, 1.54) is 7.11 Å². The molecule has 2 saturated carbocycles. The fourth-order valence-electron chi connectivity index (χ4n) is 5.13. The largest absolute Gasteiger partial charge is 0.465 e. The first-order valence-electron chi connectivity index (χ1n) is 9.54. The molecule has 2 unspecified atom stereocenters. The van der Waals surface area contributed by atoms with Gasteiger partial charge in [0, 0.05) is 17.2 Å². The van der Waals surface area contributed by atoms with Crippen molar-refractivity contribution in [2.75, 3.05) is 7.11 Å². The van der Waals surface area contributed by atoms with Gasteiger partial charge in [-0.05, 0) is 29.7 Å². The molecule has 4 rings (SSSR count). The Hall–Kier alpha value is -2.69. The van der Waals surface area contributed by atoms with Gasteiger partial charge >= 0.3 is 11.9 Å². The first kappa shape index (κ1) is 18.7. The quantitative estimate of drug-likeness (QED) is 0.586. The number of carbonyl (C=O) groups is 3. The smallest absolute Gasteiger partial charge is 0.341 e. The van der Waals surface area contributed by atoms with Crippen LogP contribution >= 0.6 is 0 Å². The van der Waals surface area contributed by atoms with E-state index in [1.54, 1.807) is 12.1 Å². The topological polar surface area (TPSA) is 69.7 Å². The van der Waals surface area contributed by atoms with Gasteiger partial charge in [0.05, 0.1) is 12.5 Å². The summed E-state index contributed by atoms with van der Waals surface area (Å²) in [4.78, 5) is 38.5. The second kappa shape index (κ2) is 5.90. The predicted octanol–water partition coefficient (Wildman–Crippen LogP) is 4.32. The maximum Gasteiger partial charge on any atom is 0.341 e. The lowest BCUT2D eigenvalue weighted by Gasteiger charge is -2.38. The highest BCUT2D eigenvalue weighted by Crippen LogP contribution is 2.70. The number of carbonyl (C=O) groups excluding carboxylic acids is 3. The molecule has 5 heteroatoms. The maximum atomic E-state index is 13.5. The van der Waals surface area contributed by atoms with E-state index >= 15 is 0 Å². The molecule has 2 aromatic carbocycles. The lowest BCUT2D eigenvalue weighted by atomic mass is 9.65. The monoisotopic (exact) mass is 380 g/mol. The van der Waals surface area contributed by atoms with Crippen molar-refractivity contribution in [2.45, 2.75) is 40.0 Å². The van der Waals surface area contributed by atoms with Gasteiger partial charge in [0.2, 0.25) is 0 Å². The lowest BCUT2D eigenvalue weighted by molar-refractivity contribution is -0.151. The zero-order valence-electron chi connectivity index (χ0n) is 16.6. The van der Waals surface area contributed by atoms with Crippen LogP contribution in [0.5, 0.6) is 5.75 Å². The maximum absolute atomic E-state index is 13.5. The Kier molecular flexibility index (Phi) is 3.93. The highest BCUT2D eigenvalue weighted by atomic mass is 16.5. The molecule has 2 fully saturated rings. The van der Waals surface area contributed by atoms with Crippen LogP contribution < -0.4 is 4.74 Å². The van der Waals surface area contributed by atoms with Crippen molar-refractivity contribution in [1.29, 1.82) is 0 Å². The minimum atomic E-state index is -0.872. The van der Waals surface area contributed by atoms with Gasteiger partial charge in [0.15, 0.2) is 5.75 Å². The minimum absolute atomic E-state index is 0.117. The van der Waals surface area contributed by atoms with Crippen LogP contribution in [0.4, 0.5) is 0 Å². The molecule has 0 aliphatic heterocycles. The van der Waals surface area contributed by atoms with E-state index in [2.05, 4.69) is 0 Å². The highest BCUT2D eigenvalue weighted by molar-refractivity contribution is 6.04. The first-order chi connectivity index (χ1) is 13.2. The Morgan fingerprint density at radius 1 is 1.00 bits per heavy atom. The third kappa shape index (κ3) is 2.16. The molecule has 0 aromatic heterocycles. The fraction of sp³-hybridized carbons (Fsp3) is 0.435. The number of Topliss-reactive ketones (excluding diaryl/α,β-unsaturated/α-hetero) is 1. The highest BCUT2D eigenvalue weighted by Gasteiger charge is 2.73. The Morgan fingerprint density at radius 2 is 1.71 bits per heavy atom. The van der Waals surface area contributed by atoms with Crippen LogP contribution in [-0.4, -0.2) is 24.8 Å². The fourth-order valence-corrected chi connectivity index (χ4v) is 5.13. The molecular weight excluding hydrogens is 356 g/mol. The Morgan fingerprint density at radius 3 is 2.32 bits per heavy atom. The lowest BCUT2D eigenvalue weighted by Crippen LogP contribution is -2.42. The molecule has 0 heterocycles. The van der Waals surface area contributed by atoms with Gasteiger partial charge in [-0.3, -0.25) is 9.59 Å². The van der Waals surface area contributed by atoms with E-state index in [0.717, 1.165) is 5.39 Å². The second-order valence-corrected chi connectivity index (χ2v) is 8.68. The summed E-state index contributed by atoms with van der Waals surface area (Å²) >= 11 is 0. The summed E-state index contributed by atoms with van der Waals surface area (Å²) in [5.41, 5.74) is -1.70. The molecule has 2 aliphatic carbocycles. The number of ketones is 1. The molecule has 2 aliphatic rings. The Bertz CT molecular complexity index is 1020. The third-order valence-electron chi connectivity index (χ3n) is 7.58. The first-order valence-corrected chi connectivity index (χ1v) is 9.54. The third-order valence-corrected chi connectivity index (χ3v) is 7.58. The molecule has 0 spiro atoms. The molecule has 2 atom stereocenters. The van der Waals surface area contributed by atoms with Gasteiger partial charge in [0.1, 0.15) is 11.3 Å². The van der Waals surface area contributed by atoms with E-state index < -0.39 is 28.2 Å². The molecule has 28 heavy (non-hydrogen) atoms. The molecule has 146 valence electrons. The predicted molar refractivity (Wildman–Crippen MR) is 104 cm³/mol. The summed E-state index contributed by atoms with van der Waals surface area (Å²) in [5, 5.41) is 1.52. The van der Waals surface area contributed by atoms with Gasteiger partial charge in [-0.2, -0.15) is 0 Å². The molecular formula is C23H24O5. The van der Waals surface area contributed by atoms with E-state index in [1.807, 2.05) is 45.0 Å². The number of esters is 2. The van der Waals surface area contributed by atoms with Crippen LogP contribution in [0.3, 0.4) is 0 Å². The van der Waals surface area contributed by atoms with Crippen LogP contribution in [-0.2, 0) is 14.3 Å². The van der Waals surface area contributed by atoms with Crippen LogP contribution in [0, 0.1) is 16.2 Å². The molecule has 0 amide bonds. The number of hydrogen-bond donors (Lipinski definition) is 0. The van der Waals surface area contributed by atoms with Crippen molar-refractivity contribution >= 4 is 28.5 Å². The van der Waals surface area contributed by atoms with Crippen molar-refractivity contribution in [3.63, 3.8) is 0 Å². The van der Waals surface area contributed by atoms with Crippen LogP contribution in [0.1, 0.15) is 50.4 Å². The van der Waals surface area contributed by atoms with Gasteiger partial charge < -0.3 is 9.47 Å². The second-order valence-electron chi connectivity index (χ2n) is 8.68. The molecule has 5 nitrogen and oxygen atoms in total. The number of methoxy groups -OCH3 is 1. The average molecular weight is 380 g/mol. The summed E-state index contributed by atoms with van der Waals surface area (Å²) in [6.45, 7) is 5.92. The number of ether oxygens (including phenoxy) is 2. The zero-order valence-corrected chi connectivity index (χ0v) is 16.6. The molecule has 2 aromatic rings. The normalized spacial score (nSPS) is 27.8. The van der Waals surface area contributed by atoms with E-state index in [0.29, 0.717) is 18.2 Å². The summed E-state index contributed by atoms with van der Waals surface area (Å²) in [5.74, 6) is -0.683. The van der Waals surface area contributed by atoms with Gasteiger partial charge in [-0.1, -0.05) is 51.1 Å². The van der Waals surface area contributed by atoms with Crippen LogP contribution in [0.15, 0.2) is 36.4 Å². The van der Waals surface area contributed by atoms with Crippen molar-refractivity contribution < 1.29 is 23.9 Å². The van der Waals surface area contributed by atoms with Crippen LogP contribution in [0.25, 0.3) is 10.8 Å².